The molecule has 0 aromatic heterocycles. The highest BCUT2D eigenvalue weighted by Crippen LogP contribution is 2.14. The average molecular weight is 214 g/mol. The number of hydrogen-bond donors (Lipinski definition) is 1. The summed E-state index contributed by atoms with van der Waals surface area (Å²) in [7, 11) is 1.90. The molecule has 0 bridgehead atoms. The fourth-order valence-electron chi connectivity index (χ4n) is 1.87. The summed E-state index contributed by atoms with van der Waals surface area (Å²) in [5.41, 5.74) is 5.39. The Morgan fingerprint density at radius 3 is 2.67 bits per heavy atom. The second kappa shape index (κ2) is 6.80. The molecule has 15 heavy (non-hydrogen) atoms. The number of nitrogens with zero attached hydrogens (tertiary/aromatic N) is 1. The first-order chi connectivity index (χ1) is 7.25. The van der Waals surface area contributed by atoms with Crippen LogP contribution in [0, 0.1) is 0 Å². The van der Waals surface area contributed by atoms with Gasteiger partial charge >= 0.3 is 0 Å². The van der Waals surface area contributed by atoms with Crippen molar-refractivity contribution >= 4 is 5.91 Å². The minimum atomic E-state index is 0.246. The molecule has 0 radical (unpaired) electrons. The maximum absolute atomic E-state index is 11.8. The first-order valence-corrected chi connectivity index (χ1v) is 5.79. The molecule has 0 aliphatic carbocycles. The summed E-state index contributed by atoms with van der Waals surface area (Å²) in [4.78, 5) is 13.6. The third-order valence-electron chi connectivity index (χ3n) is 2.98. The van der Waals surface area contributed by atoms with E-state index in [0.717, 1.165) is 38.9 Å². The monoisotopic (exact) mass is 214 g/mol. The van der Waals surface area contributed by atoms with Gasteiger partial charge in [-0.1, -0.05) is 0 Å². The highest BCUT2D eigenvalue weighted by molar-refractivity contribution is 5.76. The van der Waals surface area contributed by atoms with E-state index in [9.17, 15) is 4.79 Å². The molecule has 1 fully saturated rings. The van der Waals surface area contributed by atoms with Crippen LogP contribution >= 0.6 is 0 Å². The fourth-order valence-corrected chi connectivity index (χ4v) is 1.87. The molecular formula is C11H22N2O2. The molecule has 1 rings (SSSR count). The Morgan fingerprint density at radius 1 is 1.40 bits per heavy atom. The smallest absolute Gasteiger partial charge is 0.222 e. The lowest BCUT2D eigenvalue weighted by molar-refractivity contribution is -0.133. The maximum Gasteiger partial charge on any atom is 0.222 e. The highest BCUT2D eigenvalue weighted by Gasteiger charge is 2.21. The average Bonchev–Trinajstić information content (AvgIpc) is 2.29. The van der Waals surface area contributed by atoms with E-state index in [-0.39, 0.29) is 5.91 Å². The molecule has 0 unspecified atom stereocenters. The molecule has 0 atom stereocenters. The van der Waals surface area contributed by atoms with Gasteiger partial charge in [-0.2, -0.15) is 0 Å². The molecule has 0 saturated carbocycles. The van der Waals surface area contributed by atoms with E-state index in [1.54, 1.807) is 0 Å². The molecule has 4 nitrogen and oxygen atoms in total. The Balaban J connectivity index is 2.24. The lowest BCUT2D eigenvalue weighted by Gasteiger charge is -2.31. The first-order valence-electron chi connectivity index (χ1n) is 5.79. The van der Waals surface area contributed by atoms with Gasteiger partial charge in [0, 0.05) is 32.7 Å². The normalized spacial score (nSPS) is 17.7. The van der Waals surface area contributed by atoms with Crippen LogP contribution in [0.15, 0.2) is 0 Å². The second-order valence-corrected chi connectivity index (χ2v) is 4.09. The van der Waals surface area contributed by atoms with Gasteiger partial charge in [-0.25, -0.2) is 0 Å². The largest absolute Gasteiger partial charge is 0.381 e. The third-order valence-corrected chi connectivity index (χ3v) is 2.98. The predicted molar refractivity (Wildman–Crippen MR) is 59.5 cm³/mol. The van der Waals surface area contributed by atoms with Gasteiger partial charge in [-0.3, -0.25) is 4.79 Å². The molecule has 4 heteroatoms. The van der Waals surface area contributed by atoms with Crippen molar-refractivity contribution in [1.29, 1.82) is 0 Å². The first kappa shape index (κ1) is 12.5. The summed E-state index contributed by atoms with van der Waals surface area (Å²) in [6.45, 7) is 2.24. The number of amides is 1. The van der Waals surface area contributed by atoms with Gasteiger partial charge in [0.2, 0.25) is 5.91 Å². The Bertz CT molecular complexity index is 191. The van der Waals surface area contributed by atoms with Crippen LogP contribution in [0.25, 0.3) is 0 Å². The van der Waals surface area contributed by atoms with E-state index in [1.807, 2.05) is 11.9 Å². The van der Waals surface area contributed by atoms with Gasteiger partial charge in [0.25, 0.3) is 0 Å². The van der Waals surface area contributed by atoms with Crippen LogP contribution in [-0.2, 0) is 9.53 Å². The Kier molecular flexibility index (Phi) is 5.65. The van der Waals surface area contributed by atoms with Gasteiger partial charge in [-0.15, -0.1) is 0 Å². The van der Waals surface area contributed by atoms with Gasteiger partial charge in [0.05, 0.1) is 0 Å². The highest BCUT2D eigenvalue weighted by atomic mass is 16.5. The van der Waals surface area contributed by atoms with E-state index in [0.29, 0.717) is 19.0 Å². The fraction of sp³-hybridized carbons (Fsp3) is 0.909. The molecule has 1 aliphatic rings. The summed E-state index contributed by atoms with van der Waals surface area (Å²) in [6, 6.07) is 0.379. The Labute approximate surface area is 91.8 Å². The van der Waals surface area contributed by atoms with E-state index < -0.39 is 0 Å². The van der Waals surface area contributed by atoms with Crippen molar-refractivity contribution in [1.82, 2.24) is 4.90 Å². The Morgan fingerprint density at radius 2 is 2.07 bits per heavy atom. The standard InChI is InChI=1S/C11H22N2O2/c1-13(10-5-8-15-9-6-10)11(14)4-2-3-7-12/h10H,2-9,12H2,1H3. The molecule has 0 aromatic carbocycles. The second-order valence-electron chi connectivity index (χ2n) is 4.09. The number of carbonyl (C=O) groups is 1. The maximum atomic E-state index is 11.8. The quantitative estimate of drug-likeness (QED) is 0.687. The summed E-state index contributed by atoms with van der Waals surface area (Å²) in [6.07, 6.45) is 4.42. The van der Waals surface area contributed by atoms with Crippen LogP contribution in [-0.4, -0.2) is 43.7 Å². The van der Waals surface area contributed by atoms with Crippen molar-refractivity contribution in [2.45, 2.75) is 38.1 Å². The Hall–Kier alpha value is -0.610. The minimum Gasteiger partial charge on any atom is -0.381 e. The van der Waals surface area contributed by atoms with Crippen molar-refractivity contribution in [2.75, 3.05) is 26.8 Å². The van der Waals surface area contributed by atoms with Crippen LogP contribution in [0.1, 0.15) is 32.1 Å². The summed E-state index contributed by atoms with van der Waals surface area (Å²) < 4.78 is 5.27. The molecule has 0 spiro atoms. The minimum absolute atomic E-state index is 0.246. The van der Waals surface area contributed by atoms with Crippen molar-refractivity contribution < 1.29 is 9.53 Å². The van der Waals surface area contributed by atoms with E-state index >= 15 is 0 Å². The number of ether oxygens (including phenoxy) is 1. The molecule has 1 saturated heterocycles. The van der Waals surface area contributed by atoms with Crippen molar-refractivity contribution in [3.63, 3.8) is 0 Å². The van der Waals surface area contributed by atoms with E-state index in [2.05, 4.69) is 0 Å². The number of carbonyl (C=O) groups excluding carboxylic acids is 1. The topological polar surface area (TPSA) is 55.6 Å². The number of unbranched alkanes of at least 4 members (excludes halogenated alkanes) is 1. The van der Waals surface area contributed by atoms with Crippen LogP contribution in [0.4, 0.5) is 0 Å². The zero-order chi connectivity index (χ0) is 11.1. The van der Waals surface area contributed by atoms with E-state index in [4.69, 9.17) is 10.5 Å². The molecule has 0 aromatic rings. The van der Waals surface area contributed by atoms with Crippen molar-refractivity contribution in [3.8, 4) is 0 Å². The molecule has 88 valence electrons. The summed E-state index contributed by atoms with van der Waals surface area (Å²) in [5, 5.41) is 0. The van der Waals surface area contributed by atoms with Crippen molar-refractivity contribution in [2.24, 2.45) is 5.73 Å². The van der Waals surface area contributed by atoms with Crippen LogP contribution < -0.4 is 5.73 Å². The number of nitrogens with two attached hydrogens (primary N) is 1. The predicted octanol–water partition coefficient (Wildman–Crippen LogP) is 0.753. The molecular weight excluding hydrogens is 192 g/mol. The zero-order valence-corrected chi connectivity index (χ0v) is 9.58. The SMILES string of the molecule is CN(C(=O)CCCCN)C1CCOCC1. The molecule has 1 amide bonds. The third kappa shape index (κ3) is 4.18. The van der Waals surface area contributed by atoms with Crippen LogP contribution in [0.3, 0.4) is 0 Å². The van der Waals surface area contributed by atoms with Gasteiger partial charge in [0.1, 0.15) is 0 Å². The molecule has 1 heterocycles. The zero-order valence-electron chi connectivity index (χ0n) is 9.58. The van der Waals surface area contributed by atoms with Crippen LogP contribution in [0.5, 0.6) is 0 Å². The number of rotatable bonds is 5. The van der Waals surface area contributed by atoms with Gasteiger partial charge in [0.15, 0.2) is 0 Å². The summed E-state index contributed by atoms with van der Waals surface area (Å²) >= 11 is 0. The molecule has 1 aliphatic heterocycles. The van der Waals surface area contributed by atoms with Crippen LogP contribution in [0.2, 0.25) is 0 Å². The summed E-state index contributed by atoms with van der Waals surface area (Å²) in [5.74, 6) is 0.246. The lowest BCUT2D eigenvalue weighted by Crippen LogP contribution is -2.40. The van der Waals surface area contributed by atoms with Crippen molar-refractivity contribution in [3.05, 3.63) is 0 Å². The molecule has 2 N–H and O–H groups in total. The van der Waals surface area contributed by atoms with E-state index in [1.165, 1.54) is 0 Å². The lowest BCUT2D eigenvalue weighted by atomic mass is 10.1. The number of hydrogen-bond acceptors (Lipinski definition) is 3. The van der Waals surface area contributed by atoms with Gasteiger partial charge in [-0.05, 0) is 32.2 Å². The van der Waals surface area contributed by atoms with Gasteiger partial charge < -0.3 is 15.4 Å².